The lowest BCUT2D eigenvalue weighted by Crippen LogP contribution is -2.33. The number of likely N-dealkylation sites (N-methyl/N-ethyl adjacent to an activating group) is 1. The molecule has 1 aromatic heterocycles. The van der Waals surface area contributed by atoms with E-state index in [0.29, 0.717) is 18.3 Å². The molecule has 0 saturated heterocycles. The molecule has 5 nitrogen and oxygen atoms in total. The average Bonchev–Trinajstić information content (AvgIpc) is 2.73. The molecule has 0 amide bonds. The van der Waals surface area contributed by atoms with Crippen LogP contribution < -0.4 is 10.9 Å². The zero-order valence-electron chi connectivity index (χ0n) is 13.3. The molecule has 1 unspecified atom stereocenters. The molecule has 118 valence electrons. The maximum Gasteiger partial charge on any atom is 0.287 e. The number of rotatable bonds is 5. The number of nitrogens with zero attached hydrogens (tertiary/aromatic N) is 3. The van der Waals surface area contributed by atoms with Crippen LogP contribution in [0.1, 0.15) is 33.1 Å². The van der Waals surface area contributed by atoms with E-state index in [2.05, 4.69) is 24.3 Å². The first kappa shape index (κ1) is 16.3. The van der Waals surface area contributed by atoms with Gasteiger partial charge in [-0.25, -0.2) is 4.68 Å². The summed E-state index contributed by atoms with van der Waals surface area (Å²) in [5, 5.41) is 7.89. The normalized spacial score (nSPS) is 21.0. The third kappa shape index (κ3) is 3.77. The van der Waals surface area contributed by atoms with Crippen LogP contribution in [-0.2, 0) is 6.54 Å². The van der Waals surface area contributed by atoms with Crippen LogP contribution in [0.3, 0.4) is 0 Å². The van der Waals surface area contributed by atoms with Crippen LogP contribution in [0, 0.1) is 5.41 Å². The molecular weight excluding hydrogens is 288 g/mol. The topological polar surface area (TPSA) is 50.2 Å². The fourth-order valence-electron chi connectivity index (χ4n) is 2.80. The summed E-state index contributed by atoms with van der Waals surface area (Å²) in [6.45, 7) is 5.79. The first-order chi connectivity index (χ1) is 9.81. The summed E-state index contributed by atoms with van der Waals surface area (Å²) < 4.78 is 1.42. The fourth-order valence-corrected chi connectivity index (χ4v) is 3.00. The number of halogens is 1. The molecule has 1 N–H and O–H groups in total. The first-order valence-electron chi connectivity index (χ1n) is 7.48. The average molecular weight is 313 g/mol. The van der Waals surface area contributed by atoms with Crippen LogP contribution in [0.4, 0.5) is 5.69 Å². The molecule has 0 spiro atoms. The second-order valence-electron chi connectivity index (χ2n) is 6.78. The Labute approximate surface area is 131 Å². The maximum atomic E-state index is 12.2. The number of aromatic nitrogens is 2. The van der Waals surface area contributed by atoms with Crippen molar-refractivity contribution in [1.82, 2.24) is 14.7 Å². The van der Waals surface area contributed by atoms with Gasteiger partial charge in [-0.2, -0.15) is 5.10 Å². The highest BCUT2D eigenvalue weighted by molar-refractivity contribution is 6.32. The molecule has 0 radical (unpaired) electrons. The van der Waals surface area contributed by atoms with Crippen LogP contribution in [0.5, 0.6) is 0 Å². The van der Waals surface area contributed by atoms with E-state index in [9.17, 15) is 4.79 Å². The van der Waals surface area contributed by atoms with Gasteiger partial charge in [0.05, 0.1) is 18.4 Å². The molecule has 1 aliphatic carbocycles. The standard InChI is InChI=1S/C15H25ClN4O/c1-15(2)7-5-6-12(15)18-11-10-17-20(9-8-19(3)4)14(21)13(11)16/h10,12,18H,5-9H2,1-4H3. The van der Waals surface area contributed by atoms with Gasteiger partial charge in [-0.05, 0) is 32.4 Å². The zero-order chi connectivity index (χ0) is 15.6. The van der Waals surface area contributed by atoms with E-state index < -0.39 is 0 Å². The summed E-state index contributed by atoms with van der Waals surface area (Å²) in [5.41, 5.74) is 0.658. The molecule has 0 aromatic carbocycles. The molecule has 21 heavy (non-hydrogen) atoms. The van der Waals surface area contributed by atoms with Gasteiger partial charge in [-0.1, -0.05) is 31.9 Å². The Hall–Kier alpha value is -1.07. The molecule has 1 saturated carbocycles. The fraction of sp³-hybridized carbons (Fsp3) is 0.733. The van der Waals surface area contributed by atoms with Gasteiger partial charge >= 0.3 is 0 Å². The molecule has 1 atom stereocenters. The van der Waals surface area contributed by atoms with Crippen molar-refractivity contribution in [1.29, 1.82) is 0 Å². The van der Waals surface area contributed by atoms with Crippen molar-refractivity contribution in [3.63, 3.8) is 0 Å². The molecule has 1 heterocycles. The molecule has 1 fully saturated rings. The molecule has 0 bridgehead atoms. The zero-order valence-corrected chi connectivity index (χ0v) is 14.1. The smallest absolute Gasteiger partial charge is 0.287 e. The summed E-state index contributed by atoms with van der Waals surface area (Å²) in [6.07, 6.45) is 5.17. The van der Waals surface area contributed by atoms with Gasteiger partial charge in [-0.3, -0.25) is 4.79 Å². The second kappa shape index (κ2) is 6.36. The Morgan fingerprint density at radius 2 is 2.24 bits per heavy atom. The van der Waals surface area contributed by atoms with E-state index in [4.69, 9.17) is 11.6 Å². The van der Waals surface area contributed by atoms with Gasteiger partial charge in [0.2, 0.25) is 0 Å². The molecule has 1 aromatic rings. The molecule has 6 heteroatoms. The summed E-state index contributed by atoms with van der Waals surface area (Å²) in [5.74, 6) is 0. The van der Waals surface area contributed by atoms with Gasteiger partial charge in [0, 0.05) is 12.6 Å². The molecule has 1 aliphatic rings. The number of hydrogen-bond acceptors (Lipinski definition) is 4. The lowest BCUT2D eigenvalue weighted by atomic mass is 9.87. The summed E-state index contributed by atoms with van der Waals surface area (Å²) in [4.78, 5) is 14.3. The Balaban J connectivity index is 2.15. The minimum absolute atomic E-state index is 0.223. The van der Waals surface area contributed by atoms with Crippen LogP contribution in [-0.4, -0.2) is 41.4 Å². The van der Waals surface area contributed by atoms with E-state index in [0.717, 1.165) is 13.0 Å². The van der Waals surface area contributed by atoms with E-state index in [1.807, 2.05) is 19.0 Å². The Kier molecular flexibility index (Phi) is 4.94. The lowest BCUT2D eigenvalue weighted by Gasteiger charge is -2.28. The van der Waals surface area contributed by atoms with Crippen LogP contribution in [0.15, 0.2) is 11.0 Å². The third-order valence-electron chi connectivity index (χ3n) is 4.33. The highest BCUT2D eigenvalue weighted by Gasteiger charge is 2.34. The van der Waals surface area contributed by atoms with Crippen molar-refractivity contribution in [2.24, 2.45) is 5.41 Å². The van der Waals surface area contributed by atoms with Crippen LogP contribution in [0.25, 0.3) is 0 Å². The molecule has 0 aliphatic heterocycles. The minimum Gasteiger partial charge on any atom is -0.379 e. The van der Waals surface area contributed by atoms with Gasteiger partial charge in [0.15, 0.2) is 0 Å². The second-order valence-corrected chi connectivity index (χ2v) is 7.16. The summed E-state index contributed by atoms with van der Waals surface area (Å²) in [6, 6.07) is 0.342. The molecule has 2 rings (SSSR count). The van der Waals surface area contributed by atoms with Crippen molar-refractivity contribution in [3.8, 4) is 0 Å². The van der Waals surface area contributed by atoms with Crippen LogP contribution in [0.2, 0.25) is 5.02 Å². The Morgan fingerprint density at radius 3 is 2.81 bits per heavy atom. The first-order valence-corrected chi connectivity index (χ1v) is 7.86. The third-order valence-corrected chi connectivity index (χ3v) is 4.70. The highest BCUT2D eigenvalue weighted by atomic mass is 35.5. The SMILES string of the molecule is CN(C)CCn1ncc(NC2CCCC2(C)C)c(Cl)c1=O. The van der Waals surface area contributed by atoms with Gasteiger partial charge in [-0.15, -0.1) is 0 Å². The van der Waals surface area contributed by atoms with Gasteiger partial charge in [0.25, 0.3) is 5.56 Å². The maximum absolute atomic E-state index is 12.2. The highest BCUT2D eigenvalue weighted by Crippen LogP contribution is 2.39. The quantitative estimate of drug-likeness (QED) is 0.907. The lowest BCUT2D eigenvalue weighted by molar-refractivity contribution is 0.349. The van der Waals surface area contributed by atoms with E-state index in [1.165, 1.54) is 17.5 Å². The number of nitrogens with one attached hydrogen (secondary N) is 1. The van der Waals surface area contributed by atoms with E-state index in [-0.39, 0.29) is 16.0 Å². The number of anilines is 1. The van der Waals surface area contributed by atoms with Crippen molar-refractivity contribution in [2.75, 3.05) is 26.0 Å². The van der Waals surface area contributed by atoms with E-state index >= 15 is 0 Å². The summed E-state index contributed by atoms with van der Waals surface area (Å²) in [7, 11) is 3.93. The predicted molar refractivity (Wildman–Crippen MR) is 87.1 cm³/mol. The predicted octanol–water partition coefficient (Wildman–Crippen LogP) is 2.45. The Bertz CT molecular complexity index is 553. The largest absolute Gasteiger partial charge is 0.379 e. The van der Waals surface area contributed by atoms with Gasteiger partial charge < -0.3 is 10.2 Å². The van der Waals surface area contributed by atoms with Crippen LogP contribution >= 0.6 is 11.6 Å². The number of hydrogen-bond donors (Lipinski definition) is 1. The minimum atomic E-state index is -0.223. The van der Waals surface area contributed by atoms with Crippen molar-refractivity contribution < 1.29 is 0 Å². The monoisotopic (exact) mass is 312 g/mol. The summed E-state index contributed by atoms with van der Waals surface area (Å²) >= 11 is 6.24. The van der Waals surface area contributed by atoms with Gasteiger partial charge in [0.1, 0.15) is 5.02 Å². The Morgan fingerprint density at radius 1 is 1.52 bits per heavy atom. The van der Waals surface area contributed by atoms with Crippen molar-refractivity contribution >= 4 is 17.3 Å². The van der Waals surface area contributed by atoms with E-state index in [1.54, 1.807) is 6.20 Å². The molecular formula is C15H25ClN4O. The van der Waals surface area contributed by atoms with Crippen molar-refractivity contribution in [2.45, 2.75) is 45.7 Å². The van der Waals surface area contributed by atoms with Crippen molar-refractivity contribution in [3.05, 3.63) is 21.6 Å².